The van der Waals surface area contributed by atoms with E-state index in [0.29, 0.717) is 6.42 Å². The minimum Gasteiger partial charge on any atom is -0.381 e. The van der Waals surface area contributed by atoms with Crippen molar-refractivity contribution in [2.45, 2.75) is 39.0 Å². The van der Waals surface area contributed by atoms with Crippen molar-refractivity contribution < 1.29 is 9.53 Å². The van der Waals surface area contributed by atoms with Gasteiger partial charge in [-0.1, -0.05) is 6.92 Å². The lowest BCUT2D eigenvalue weighted by molar-refractivity contribution is -0.120. The van der Waals surface area contributed by atoms with Crippen LogP contribution in [0.2, 0.25) is 0 Å². The van der Waals surface area contributed by atoms with Crippen LogP contribution in [0.5, 0.6) is 0 Å². The Bertz CT molecular complexity index is 152. The number of nitrogens with one attached hydrogen (secondary N) is 1. The molecule has 0 fully saturated rings. The van der Waals surface area contributed by atoms with E-state index < -0.39 is 0 Å². The summed E-state index contributed by atoms with van der Waals surface area (Å²) in [6, 6.07) is 0. The van der Waals surface area contributed by atoms with Gasteiger partial charge in [0, 0.05) is 26.2 Å². The molecule has 0 aliphatic rings. The summed E-state index contributed by atoms with van der Waals surface area (Å²) in [5.74, 6) is 0.124. The molecule has 0 aromatic heterocycles. The molecule has 15 heavy (non-hydrogen) atoms. The molecule has 90 valence electrons. The summed E-state index contributed by atoms with van der Waals surface area (Å²) in [5, 5.41) is 2.83. The fraction of sp³-hybridized carbons (Fsp3) is 0.909. The van der Waals surface area contributed by atoms with Crippen molar-refractivity contribution in [3.8, 4) is 0 Å². The monoisotopic (exact) mass is 216 g/mol. The average Bonchev–Trinajstić information content (AvgIpc) is 2.26. The normalized spacial score (nSPS) is 10.3. The van der Waals surface area contributed by atoms with Gasteiger partial charge in [0.05, 0.1) is 0 Å². The van der Waals surface area contributed by atoms with Crippen molar-refractivity contribution in [2.75, 3.05) is 26.3 Å². The van der Waals surface area contributed by atoms with Crippen LogP contribution in [0, 0.1) is 0 Å². The van der Waals surface area contributed by atoms with Gasteiger partial charge in [-0.15, -0.1) is 0 Å². The van der Waals surface area contributed by atoms with Crippen molar-refractivity contribution in [2.24, 2.45) is 5.73 Å². The number of unbranched alkanes of at least 4 members (excludes halogenated alkanes) is 2. The maximum Gasteiger partial charge on any atom is 0.219 e. The lowest BCUT2D eigenvalue weighted by atomic mass is 10.3. The van der Waals surface area contributed by atoms with Gasteiger partial charge in [0.15, 0.2) is 0 Å². The molecule has 0 bridgehead atoms. The van der Waals surface area contributed by atoms with Gasteiger partial charge >= 0.3 is 0 Å². The molecular weight excluding hydrogens is 192 g/mol. The van der Waals surface area contributed by atoms with Crippen LogP contribution in [0.4, 0.5) is 0 Å². The molecule has 0 unspecified atom stereocenters. The fourth-order valence-corrected chi connectivity index (χ4v) is 1.13. The largest absolute Gasteiger partial charge is 0.381 e. The maximum atomic E-state index is 10.9. The summed E-state index contributed by atoms with van der Waals surface area (Å²) in [6.07, 6.45) is 4.64. The molecule has 4 nitrogen and oxygen atoms in total. The molecule has 0 spiro atoms. The van der Waals surface area contributed by atoms with Crippen LogP contribution in [0.1, 0.15) is 39.0 Å². The quantitative estimate of drug-likeness (QED) is 0.536. The van der Waals surface area contributed by atoms with Crippen molar-refractivity contribution in [3.05, 3.63) is 0 Å². The Morgan fingerprint density at radius 2 is 1.87 bits per heavy atom. The summed E-state index contributed by atoms with van der Waals surface area (Å²) in [5.41, 5.74) is 5.35. The van der Waals surface area contributed by atoms with Crippen LogP contribution >= 0.6 is 0 Å². The first-order chi connectivity index (χ1) is 7.31. The number of hydrogen-bond donors (Lipinski definition) is 2. The Labute approximate surface area is 92.6 Å². The molecule has 0 aliphatic heterocycles. The lowest BCUT2D eigenvalue weighted by Gasteiger charge is -2.04. The number of rotatable bonds is 10. The molecule has 0 rings (SSSR count). The molecule has 0 aromatic rings. The molecule has 0 aromatic carbocycles. The predicted octanol–water partition coefficient (Wildman–Crippen LogP) is 1.05. The molecule has 0 saturated carbocycles. The smallest absolute Gasteiger partial charge is 0.219 e. The molecule has 0 radical (unpaired) electrons. The van der Waals surface area contributed by atoms with E-state index in [1.54, 1.807) is 0 Å². The summed E-state index contributed by atoms with van der Waals surface area (Å²) >= 11 is 0. The Balaban J connectivity index is 2.95. The summed E-state index contributed by atoms with van der Waals surface area (Å²) in [6.45, 7) is 4.95. The second-order valence-corrected chi connectivity index (χ2v) is 3.52. The van der Waals surface area contributed by atoms with E-state index in [9.17, 15) is 4.79 Å². The van der Waals surface area contributed by atoms with Gasteiger partial charge in [-0.3, -0.25) is 4.79 Å². The summed E-state index contributed by atoms with van der Waals surface area (Å²) in [7, 11) is 0. The first kappa shape index (κ1) is 14.4. The van der Waals surface area contributed by atoms with Crippen LogP contribution < -0.4 is 11.1 Å². The zero-order valence-electron chi connectivity index (χ0n) is 9.76. The molecule has 0 atom stereocenters. The summed E-state index contributed by atoms with van der Waals surface area (Å²) < 4.78 is 5.40. The Hall–Kier alpha value is -0.610. The zero-order chi connectivity index (χ0) is 11.4. The van der Waals surface area contributed by atoms with Crippen molar-refractivity contribution in [1.29, 1.82) is 0 Å². The number of carbonyl (C=O) groups is 1. The second kappa shape index (κ2) is 11.5. The van der Waals surface area contributed by atoms with Crippen molar-refractivity contribution >= 4 is 5.91 Å². The molecule has 0 saturated heterocycles. The number of nitrogens with two attached hydrogens (primary N) is 1. The number of carbonyl (C=O) groups excluding carboxylic acids is 1. The second-order valence-electron chi connectivity index (χ2n) is 3.52. The fourth-order valence-electron chi connectivity index (χ4n) is 1.13. The van der Waals surface area contributed by atoms with Crippen molar-refractivity contribution in [3.63, 3.8) is 0 Å². The standard InChI is InChI=1S/C11H24N2O2/c1-2-11(14)13-8-4-6-10-15-9-5-3-7-12/h2-10,12H2,1H3,(H,13,14). The molecule has 0 heterocycles. The highest BCUT2D eigenvalue weighted by atomic mass is 16.5. The highest BCUT2D eigenvalue weighted by Gasteiger charge is 1.95. The molecule has 3 N–H and O–H groups in total. The van der Waals surface area contributed by atoms with Gasteiger partial charge in [-0.05, 0) is 32.2 Å². The van der Waals surface area contributed by atoms with E-state index in [2.05, 4.69) is 5.32 Å². The molecule has 4 heteroatoms. The highest BCUT2D eigenvalue weighted by Crippen LogP contribution is 1.92. The van der Waals surface area contributed by atoms with Gasteiger partial charge in [0.25, 0.3) is 0 Å². The van der Waals surface area contributed by atoms with Crippen molar-refractivity contribution in [1.82, 2.24) is 5.32 Å². The van der Waals surface area contributed by atoms with E-state index in [-0.39, 0.29) is 5.91 Å². The third-order valence-electron chi connectivity index (χ3n) is 2.10. The van der Waals surface area contributed by atoms with Gasteiger partial charge in [0.2, 0.25) is 5.91 Å². The van der Waals surface area contributed by atoms with Crippen LogP contribution in [-0.4, -0.2) is 32.2 Å². The Morgan fingerprint density at radius 3 is 2.47 bits per heavy atom. The van der Waals surface area contributed by atoms with E-state index in [1.807, 2.05) is 6.92 Å². The predicted molar refractivity (Wildman–Crippen MR) is 61.6 cm³/mol. The Kier molecular flexibility index (Phi) is 11.0. The van der Waals surface area contributed by atoms with Gasteiger partial charge < -0.3 is 15.8 Å². The topological polar surface area (TPSA) is 64.3 Å². The third-order valence-corrected chi connectivity index (χ3v) is 2.10. The van der Waals surface area contributed by atoms with Crippen LogP contribution in [0.3, 0.4) is 0 Å². The first-order valence-corrected chi connectivity index (χ1v) is 5.85. The van der Waals surface area contributed by atoms with E-state index >= 15 is 0 Å². The number of hydrogen-bond acceptors (Lipinski definition) is 3. The molecule has 1 amide bonds. The number of amides is 1. The maximum absolute atomic E-state index is 10.9. The van der Waals surface area contributed by atoms with Crippen LogP contribution in [-0.2, 0) is 9.53 Å². The van der Waals surface area contributed by atoms with Gasteiger partial charge in [0.1, 0.15) is 0 Å². The van der Waals surface area contributed by atoms with Gasteiger partial charge in [-0.2, -0.15) is 0 Å². The lowest BCUT2D eigenvalue weighted by Crippen LogP contribution is -2.23. The average molecular weight is 216 g/mol. The third kappa shape index (κ3) is 11.3. The zero-order valence-corrected chi connectivity index (χ0v) is 9.76. The Morgan fingerprint density at radius 1 is 1.20 bits per heavy atom. The molecular formula is C11H24N2O2. The highest BCUT2D eigenvalue weighted by molar-refractivity contribution is 5.75. The van der Waals surface area contributed by atoms with Crippen LogP contribution in [0.25, 0.3) is 0 Å². The minimum absolute atomic E-state index is 0.124. The minimum atomic E-state index is 0.124. The van der Waals surface area contributed by atoms with E-state index in [1.165, 1.54) is 0 Å². The van der Waals surface area contributed by atoms with Crippen LogP contribution in [0.15, 0.2) is 0 Å². The summed E-state index contributed by atoms with van der Waals surface area (Å²) in [4.78, 5) is 10.9. The van der Waals surface area contributed by atoms with Gasteiger partial charge in [-0.25, -0.2) is 0 Å². The first-order valence-electron chi connectivity index (χ1n) is 5.85. The molecule has 0 aliphatic carbocycles. The van der Waals surface area contributed by atoms with E-state index in [0.717, 1.165) is 52.0 Å². The SMILES string of the molecule is CCC(=O)NCCCCOCCCCN. The van der Waals surface area contributed by atoms with E-state index in [4.69, 9.17) is 10.5 Å². The number of ether oxygens (including phenoxy) is 1.